The van der Waals surface area contributed by atoms with Gasteiger partial charge in [0, 0.05) is 37.8 Å². The van der Waals surface area contributed by atoms with E-state index in [0.29, 0.717) is 24.7 Å². The van der Waals surface area contributed by atoms with Crippen LogP contribution < -0.4 is 0 Å². The first-order valence-electron chi connectivity index (χ1n) is 11.7. The lowest BCUT2D eigenvalue weighted by molar-refractivity contribution is -0.145. The summed E-state index contributed by atoms with van der Waals surface area (Å²) in [5.41, 5.74) is 0.523. The lowest BCUT2D eigenvalue weighted by Gasteiger charge is -2.52. The first-order valence-corrected chi connectivity index (χ1v) is 11.7. The normalized spacial score (nSPS) is 24.1. The fourth-order valence-corrected chi connectivity index (χ4v) is 6.09. The molecule has 6 nitrogen and oxygen atoms in total. The van der Waals surface area contributed by atoms with Gasteiger partial charge in [0.1, 0.15) is 5.69 Å². The van der Waals surface area contributed by atoms with Crippen LogP contribution in [0.25, 0.3) is 10.8 Å². The van der Waals surface area contributed by atoms with Gasteiger partial charge in [0.25, 0.3) is 5.91 Å². The predicted octanol–water partition coefficient (Wildman–Crippen LogP) is 3.17. The summed E-state index contributed by atoms with van der Waals surface area (Å²) in [6.45, 7) is 4.17. The van der Waals surface area contributed by atoms with Crippen molar-refractivity contribution in [1.29, 1.82) is 0 Å². The molecule has 1 unspecified atom stereocenters. The number of carbonyl (C=O) groups excluding carboxylic acids is 2. The Morgan fingerprint density at radius 1 is 0.903 bits per heavy atom. The van der Waals surface area contributed by atoms with E-state index in [0.717, 1.165) is 68.9 Å². The number of likely N-dealkylation sites (tertiary alicyclic amines) is 3. The maximum atomic E-state index is 13.5. The standard InChI is InChI=1S/C25H32N4O2/c1-27-14-6-10-25(22(27)24(31)28-15-4-5-16-28)11-17-29(18-12-25)23(30)21-20-8-3-2-7-19(20)9-13-26-21/h2-3,7-9,13,22H,4-6,10-12,14-18H2,1H3. The van der Waals surface area contributed by atoms with Gasteiger partial charge in [-0.2, -0.15) is 0 Å². The van der Waals surface area contributed by atoms with E-state index in [-0.39, 0.29) is 17.4 Å². The second-order valence-corrected chi connectivity index (χ2v) is 9.55. The number of pyridine rings is 1. The van der Waals surface area contributed by atoms with Gasteiger partial charge in [-0.1, -0.05) is 24.3 Å². The second-order valence-electron chi connectivity index (χ2n) is 9.55. The van der Waals surface area contributed by atoms with Gasteiger partial charge >= 0.3 is 0 Å². The zero-order valence-electron chi connectivity index (χ0n) is 18.4. The first kappa shape index (κ1) is 20.4. The Kier molecular flexibility index (Phi) is 5.42. The van der Waals surface area contributed by atoms with Crippen molar-refractivity contribution in [3.05, 3.63) is 42.2 Å². The monoisotopic (exact) mass is 420 g/mol. The first-order chi connectivity index (χ1) is 15.1. The number of aromatic nitrogens is 1. The van der Waals surface area contributed by atoms with Crippen molar-refractivity contribution >= 4 is 22.6 Å². The number of rotatable bonds is 2. The smallest absolute Gasteiger partial charge is 0.273 e. The molecule has 0 aliphatic carbocycles. The maximum Gasteiger partial charge on any atom is 0.273 e. The number of likely N-dealkylation sites (N-methyl/N-ethyl adjacent to an activating group) is 1. The van der Waals surface area contributed by atoms with Crippen LogP contribution in [0.1, 0.15) is 49.0 Å². The number of hydrogen-bond donors (Lipinski definition) is 0. The largest absolute Gasteiger partial charge is 0.341 e. The highest BCUT2D eigenvalue weighted by Gasteiger charge is 2.50. The SMILES string of the molecule is CN1CCCC2(CCN(C(=O)c3nccc4ccccc34)CC2)C1C(=O)N1CCCC1. The van der Waals surface area contributed by atoms with Crippen LogP contribution in [-0.4, -0.2) is 77.3 Å². The zero-order valence-corrected chi connectivity index (χ0v) is 18.4. The van der Waals surface area contributed by atoms with Crippen LogP contribution in [0, 0.1) is 5.41 Å². The molecule has 3 aliphatic rings. The minimum absolute atomic E-state index is 0.0123. The van der Waals surface area contributed by atoms with Gasteiger partial charge in [-0.05, 0) is 69.0 Å². The summed E-state index contributed by atoms with van der Waals surface area (Å²) in [7, 11) is 2.11. The number of carbonyl (C=O) groups is 2. The van der Waals surface area contributed by atoms with Crippen LogP contribution in [0.15, 0.2) is 36.5 Å². The molecule has 4 heterocycles. The third-order valence-corrected chi connectivity index (χ3v) is 7.78. The highest BCUT2D eigenvalue weighted by molar-refractivity contribution is 6.05. The number of nitrogens with zero attached hydrogens (tertiary/aromatic N) is 4. The van der Waals surface area contributed by atoms with E-state index in [2.05, 4.69) is 21.8 Å². The Bertz CT molecular complexity index is 971. The van der Waals surface area contributed by atoms with E-state index in [4.69, 9.17) is 0 Å². The van der Waals surface area contributed by atoms with Gasteiger partial charge in [-0.15, -0.1) is 0 Å². The van der Waals surface area contributed by atoms with Crippen molar-refractivity contribution in [1.82, 2.24) is 19.7 Å². The molecule has 3 fully saturated rings. The molecule has 5 rings (SSSR count). The van der Waals surface area contributed by atoms with Crippen LogP contribution in [0.4, 0.5) is 0 Å². The van der Waals surface area contributed by atoms with Crippen molar-refractivity contribution in [2.75, 3.05) is 39.8 Å². The number of amides is 2. The third-order valence-electron chi connectivity index (χ3n) is 7.78. The summed E-state index contributed by atoms with van der Waals surface area (Å²) in [5, 5.41) is 1.95. The van der Waals surface area contributed by atoms with Crippen LogP contribution in [-0.2, 0) is 4.79 Å². The Morgan fingerprint density at radius 3 is 2.42 bits per heavy atom. The van der Waals surface area contributed by atoms with Gasteiger partial charge in [0.15, 0.2) is 0 Å². The molecule has 0 bridgehead atoms. The van der Waals surface area contributed by atoms with E-state index >= 15 is 0 Å². The van der Waals surface area contributed by atoms with Gasteiger partial charge in [-0.25, -0.2) is 0 Å². The van der Waals surface area contributed by atoms with Crippen LogP contribution in [0.3, 0.4) is 0 Å². The predicted molar refractivity (Wildman–Crippen MR) is 121 cm³/mol. The minimum Gasteiger partial charge on any atom is -0.341 e. The van der Waals surface area contributed by atoms with Gasteiger partial charge in [0.2, 0.25) is 5.91 Å². The molecule has 3 aliphatic heterocycles. The molecule has 3 saturated heterocycles. The summed E-state index contributed by atoms with van der Waals surface area (Å²) >= 11 is 0. The average Bonchev–Trinajstić information content (AvgIpc) is 3.34. The summed E-state index contributed by atoms with van der Waals surface area (Å²) in [5.74, 6) is 0.327. The highest BCUT2D eigenvalue weighted by Crippen LogP contribution is 2.45. The van der Waals surface area contributed by atoms with Gasteiger partial charge in [-0.3, -0.25) is 19.5 Å². The Hall–Kier alpha value is -2.47. The number of fused-ring (bicyclic) bond motifs is 1. The fourth-order valence-electron chi connectivity index (χ4n) is 6.09. The Morgan fingerprint density at radius 2 is 1.65 bits per heavy atom. The molecule has 1 atom stereocenters. The van der Waals surface area contributed by atoms with Crippen molar-refractivity contribution in [2.24, 2.45) is 5.41 Å². The zero-order chi connectivity index (χ0) is 21.4. The van der Waals surface area contributed by atoms with E-state index in [1.165, 1.54) is 0 Å². The second kappa shape index (κ2) is 8.23. The van der Waals surface area contributed by atoms with Crippen LogP contribution in [0.2, 0.25) is 0 Å². The Labute approximate surface area is 184 Å². The number of piperidine rings is 2. The highest BCUT2D eigenvalue weighted by atomic mass is 16.2. The van der Waals surface area contributed by atoms with Crippen molar-refractivity contribution in [3.63, 3.8) is 0 Å². The average molecular weight is 421 g/mol. The van der Waals surface area contributed by atoms with Crippen LogP contribution >= 0.6 is 0 Å². The number of hydrogen-bond acceptors (Lipinski definition) is 4. The Balaban J connectivity index is 1.35. The van der Waals surface area contributed by atoms with E-state index in [1.54, 1.807) is 6.20 Å². The maximum absolute atomic E-state index is 13.5. The topological polar surface area (TPSA) is 56.8 Å². The molecule has 164 valence electrons. The molecule has 1 aromatic carbocycles. The fraction of sp³-hybridized carbons (Fsp3) is 0.560. The quantitative estimate of drug-likeness (QED) is 0.749. The molecule has 0 N–H and O–H groups in total. The molecule has 1 spiro atoms. The number of benzene rings is 1. The van der Waals surface area contributed by atoms with E-state index in [9.17, 15) is 9.59 Å². The molecule has 2 aromatic rings. The minimum atomic E-state index is -0.0488. The molecular formula is C25H32N4O2. The molecule has 1 aromatic heterocycles. The molecule has 6 heteroatoms. The molecular weight excluding hydrogens is 388 g/mol. The molecule has 2 amide bonds. The molecule has 0 saturated carbocycles. The summed E-state index contributed by atoms with van der Waals surface area (Å²) < 4.78 is 0. The van der Waals surface area contributed by atoms with Gasteiger partial charge in [0.05, 0.1) is 6.04 Å². The molecule has 31 heavy (non-hydrogen) atoms. The summed E-state index contributed by atoms with van der Waals surface area (Å²) in [4.78, 5) is 37.6. The lowest BCUT2D eigenvalue weighted by atomic mass is 9.66. The van der Waals surface area contributed by atoms with Crippen molar-refractivity contribution < 1.29 is 9.59 Å². The van der Waals surface area contributed by atoms with Crippen molar-refractivity contribution in [3.8, 4) is 0 Å². The van der Waals surface area contributed by atoms with Crippen molar-refractivity contribution in [2.45, 2.75) is 44.6 Å². The lowest BCUT2D eigenvalue weighted by Crippen LogP contribution is -2.61. The van der Waals surface area contributed by atoms with Gasteiger partial charge < -0.3 is 9.80 Å². The summed E-state index contributed by atoms with van der Waals surface area (Å²) in [6, 6.07) is 9.83. The van der Waals surface area contributed by atoms with Crippen LogP contribution in [0.5, 0.6) is 0 Å². The molecule has 0 radical (unpaired) electrons. The van der Waals surface area contributed by atoms with E-state index < -0.39 is 0 Å². The van der Waals surface area contributed by atoms with E-state index in [1.807, 2.05) is 35.2 Å². The summed E-state index contributed by atoms with van der Waals surface area (Å²) in [6.07, 6.45) is 7.94. The third kappa shape index (κ3) is 3.61.